The van der Waals surface area contributed by atoms with Crippen molar-refractivity contribution in [3.8, 4) is 11.1 Å². The topological polar surface area (TPSA) is 49.4 Å². The number of halogens is 1. The van der Waals surface area contributed by atoms with Gasteiger partial charge in [0, 0.05) is 24.8 Å². The van der Waals surface area contributed by atoms with Crippen LogP contribution < -0.4 is 10.9 Å². The van der Waals surface area contributed by atoms with Crippen molar-refractivity contribution >= 4 is 5.82 Å². The van der Waals surface area contributed by atoms with Crippen LogP contribution in [0.3, 0.4) is 0 Å². The van der Waals surface area contributed by atoms with Gasteiger partial charge in [-0.05, 0) is 49.1 Å². The van der Waals surface area contributed by atoms with E-state index in [0.717, 1.165) is 29.0 Å². The number of pyridine rings is 1. The van der Waals surface area contributed by atoms with Crippen molar-refractivity contribution in [1.82, 2.24) is 15.6 Å². The van der Waals surface area contributed by atoms with E-state index in [0.29, 0.717) is 6.10 Å². The molecule has 1 aromatic carbocycles. The summed E-state index contributed by atoms with van der Waals surface area (Å²) in [5.41, 5.74) is 4.88. The van der Waals surface area contributed by atoms with Gasteiger partial charge in [0.15, 0.2) is 0 Å². The number of benzene rings is 1. The van der Waals surface area contributed by atoms with Crippen LogP contribution >= 0.6 is 0 Å². The van der Waals surface area contributed by atoms with Crippen LogP contribution in [0.4, 0.5) is 10.2 Å². The van der Waals surface area contributed by atoms with Crippen LogP contribution in [0.2, 0.25) is 0 Å². The summed E-state index contributed by atoms with van der Waals surface area (Å²) in [6.45, 7) is 0. The Morgan fingerprint density at radius 1 is 1.25 bits per heavy atom. The Morgan fingerprint density at radius 3 is 2.75 bits per heavy atom. The molecule has 0 amide bonds. The summed E-state index contributed by atoms with van der Waals surface area (Å²) in [6.07, 6.45) is 6.18. The zero-order chi connectivity index (χ0) is 16.5. The van der Waals surface area contributed by atoms with E-state index >= 15 is 0 Å². The van der Waals surface area contributed by atoms with Crippen molar-refractivity contribution in [2.24, 2.45) is 0 Å². The first-order valence-corrected chi connectivity index (χ1v) is 8.34. The number of nitrogens with zero attached hydrogens (tertiary/aromatic N) is 2. The van der Waals surface area contributed by atoms with E-state index in [1.165, 1.54) is 31.4 Å². The second-order valence-corrected chi connectivity index (χ2v) is 6.35. The first kappa shape index (κ1) is 15.5. The highest BCUT2D eigenvalue weighted by atomic mass is 19.1. The number of nitrogens with one attached hydrogen (secondary N) is 2. The molecule has 4 heterocycles. The minimum Gasteiger partial charge on any atom is -0.373 e. The monoisotopic (exact) mass is 328 g/mol. The summed E-state index contributed by atoms with van der Waals surface area (Å²) in [4.78, 5) is 9.50. The minimum atomic E-state index is -0.228. The standard InChI is InChI=1S/C12H11FN2.C6H10N2O/c1-14-12-11(3-2-8-15-12)9-4-6-10(13)7-5-9;1-2-6-5-3-4(1)8(5)7-9-6/h2-8H,1H3,(H,14,15);4-7H,1-3H2. The molecule has 3 aliphatic heterocycles. The van der Waals surface area contributed by atoms with Gasteiger partial charge in [-0.3, -0.25) is 4.84 Å². The third kappa shape index (κ3) is 2.77. The van der Waals surface area contributed by atoms with Gasteiger partial charge in [0.05, 0.1) is 12.1 Å². The van der Waals surface area contributed by atoms with Gasteiger partial charge in [0.1, 0.15) is 11.6 Å². The zero-order valence-electron chi connectivity index (χ0n) is 13.6. The third-order valence-corrected chi connectivity index (χ3v) is 4.99. The number of hydrogen-bond donors (Lipinski definition) is 2. The summed E-state index contributed by atoms with van der Waals surface area (Å²) >= 11 is 0. The molecule has 126 valence electrons. The first-order valence-electron chi connectivity index (χ1n) is 8.34. The molecular weight excluding hydrogens is 307 g/mol. The molecule has 1 aromatic heterocycles. The molecule has 4 atom stereocenters. The van der Waals surface area contributed by atoms with E-state index in [1.807, 2.05) is 19.2 Å². The third-order valence-electron chi connectivity index (χ3n) is 4.99. The van der Waals surface area contributed by atoms with Crippen LogP contribution in [-0.4, -0.2) is 35.2 Å². The number of anilines is 1. The quantitative estimate of drug-likeness (QED) is 0.888. The maximum absolute atomic E-state index is 12.8. The zero-order valence-corrected chi connectivity index (χ0v) is 13.6. The van der Waals surface area contributed by atoms with Gasteiger partial charge in [0.2, 0.25) is 0 Å². The lowest BCUT2D eigenvalue weighted by atomic mass is 9.80. The van der Waals surface area contributed by atoms with Crippen LogP contribution in [-0.2, 0) is 4.84 Å². The number of rotatable bonds is 2. The lowest BCUT2D eigenvalue weighted by Crippen LogP contribution is -2.61. The number of fused-ring (bicyclic) bond motifs is 1. The fraction of sp³-hybridized carbons (Fsp3) is 0.389. The fourth-order valence-corrected chi connectivity index (χ4v) is 3.65. The molecule has 2 aromatic rings. The van der Waals surface area contributed by atoms with Gasteiger partial charge in [-0.15, -0.1) is 5.59 Å². The molecule has 6 heteroatoms. The van der Waals surface area contributed by atoms with Gasteiger partial charge >= 0.3 is 0 Å². The van der Waals surface area contributed by atoms with Crippen LogP contribution in [0, 0.1) is 5.82 Å². The smallest absolute Gasteiger partial charge is 0.133 e. The summed E-state index contributed by atoms with van der Waals surface area (Å²) in [6, 6.07) is 11.7. The Hall–Kier alpha value is -2.02. The molecule has 5 nitrogen and oxygen atoms in total. The van der Waals surface area contributed by atoms with Gasteiger partial charge in [-0.25, -0.2) is 14.4 Å². The molecule has 0 spiro atoms. The van der Waals surface area contributed by atoms with Crippen molar-refractivity contribution in [2.75, 3.05) is 12.4 Å². The van der Waals surface area contributed by atoms with Crippen molar-refractivity contribution in [2.45, 2.75) is 37.5 Å². The lowest BCUT2D eigenvalue weighted by molar-refractivity contribution is -0.0500. The molecule has 4 fully saturated rings. The Kier molecular flexibility index (Phi) is 4.18. The normalized spacial score (nSPS) is 29.2. The highest BCUT2D eigenvalue weighted by Gasteiger charge is 2.52. The Balaban J connectivity index is 0.000000136. The molecule has 4 bridgehead atoms. The van der Waals surface area contributed by atoms with E-state index in [1.54, 1.807) is 18.3 Å². The van der Waals surface area contributed by atoms with Gasteiger partial charge in [-0.2, -0.15) is 0 Å². The number of hydrazine groups is 1. The number of hydrogen-bond acceptors (Lipinski definition) is 5. The molecule has 1 saturated carbocycles. The summed E-state index contributed by atoms with van der Waals surface area (Å²) in [7, 11) is 1.81. The molecular formula is C18H21FN4O. The largest absolute Gasteiger partial charge is 0.373 e. The maximum atomic E-state index is 12.8. The van der Waals surface area contributed by atoms with E-state index < -0.39 is 0 Å². The van der Waals surface area contributed by atoms with Crippen LogP contribution in [0.1, 0.15) is 19.3 Å². The van der Waals surface area contributed by atoms with Gasteiger partial charge < -0.3 is 5.32 Å². The van der Waals surface area contributed by atoms with E-state index in [9.17, 15) is 4.39 Å². The molecule has 24 heavy (non-hydrogen) atoms. The summed E-state index contributed by atoms with van der Waals surface area (Å²) < 4.78 is 12.8. The first-order chi connectivity index (χ1) is 11.8. The van der Waals surface area contributed by atoms with E-state index in [2.05, 4.69) is 20.9 Å². The fourth-order valence-electron chi connectivity index (χ4n) is 3.65. The average molecular weight is 328 g/mol. The number of aromatic nitrogens is 1. The molecule has 6 rings (SSSR count). The molecule has 0 radical (unpaired) electrons. The van der Waals surface area contributed by atoms with Crippen LogP contribution in [0.25, 0.3) is 11.1 Å². The molecule has 4 aliphatic rings. The number of piperidine rings is 1. The Labute approximate surface area is 140 Å². The van der Waals surface area contributed by atoms with Crippen molar-refractivity contribution in [1.29, 1.82) is 0 Å². The van der Waals surface area contributed by atoms with Crippen molar-refractivity contribution in [3.63, 3.8) is 0 Å². The second-order valence-electron chi connectivity index (χ2n) is 6.35. The molecule has 2 N–H and O–H groups in total. The predicted octanol–water partition coefficient (Wildman–Crippen LogP) is 2.97. The highest BCUT2D eigenvalue weighted by molar-refractivity contribution is 5.74. The van der Waals surface area contributed by atoms with Crippen LogP contribution in [0.15, 0.2) is 42.6 Å². The van der Waals surface area contributed by atoms with Crippen molar-refractivity contribution in [3.05, 3.63) is 48.4 Å². The Morgan fingerprint density at radius 2 is 2.08 bits per heavy atom. The average Bonchev–Trinajstić information content (AvgIpc) is 2.84. The molecule has 1 aliphatic carbocycles. The summed E-state index contributed by atoms with van der Waals surface area (Å²) in [5.74, 6) is 0.567. The van der Waals surface area contributed by atoms with E-state index in [4.69, 9.17) is 4.84 Å². The summed E-state index contributed by atoms with van der Waals surface area (Å²) in [5, 5.41) is 5.26. The van der Waals surface area contributed by atoms with Gasteiger partial charge in [0.25, 0.3) is 0 Å². The van der Waals surface area contributed by atoms with Crippen LogP contribution in [0.5, 0.6) is 0 Å². The maximum Gasteiger partial charge on any atom is 0.133 e. The Bertz CT molecular complexity index is 690. The minimum absolute atomic E-state index is 0.228. The predicted molar refractivity (Wildman–Crippen MR) is 90.5 cm³/mol. The molecule has 4 unspecified atom stereocenters. The van der Waals surface area contributed by atoms with Crippen molar-refractivity contribution < 1.29 is 9.23 Å². The SMILES string of the molecule is C1CC2CC3C1ONN23.CNc1ncccc1-c1ccc(F)cc1. The lowest BCUT2D eigenvalue weighted by Gasteiger charge is -2.47. The molecule has 3 saturated heterocycles. The van der Waals surface area contributed by atoms with E-state index in [-0.39, 0.29) is 5.82 Å². The second kappa shape index (κ2) is 6.47. The highest BCUT2D eigenvalue weighted by Crippen LogP contribution is 2.41. The van der Waals surface area contributed by atoms with Gasteiger partial charge in [-0.1, -0.05) is 12.1 Å².